The predicted molar refractivity (Wildman–Crippen MR) is 120 cm³/mol. The molecule has 0 aromatic heterocycles. The lowest BCUT2D eigenvalue weighted by Gasteiger charge is -2.29. The van der Waals surface area contributed by atoms with Crippen LogP contribution in [0.15, 0.2) is 18.2 Å². The normalized spacial score (nSPS) is 20.0. The number of sulfone groups is 1. The molecule has 0 radical (unpaired) electrons. The van der Waals surface area contributed by atoms with Crippen LogP contribution in [0.3, 0.4) is 0 Å². The van der Waals surface area contributed by atoms with E-state index in [2.05, 4.69) is 0 Å². The van der Waals surface area contributed by atoms with Gasteiger partial charge in [-0.2, -0.15) is 0 Å². The summed E-state index contributed by atoms with van der Waals surface area (Å²) in [6, 6.07) is 3.63. The SMILES string of the molecule is CC(C)CN(C(=O)COC(=O)c1ccc(N2CCOCC2)c([N+](=O)[O-])c1)C1CCS(=O)(=O)C1. The maximum absolute atomic E-state index is 12.8. The van der Waals surface area contributed by atoms with Gasteiger partial charge in [-0.25, -0.2) is 13.2 Å². The first-order chi connectivity index (χ1) is 15.6. The van der Waals surface area contributed by atoms with Crippen LogP contribution in [0.5, 0.6) is 0 Å². The van der Waals surface area contributed by atoms with E-state index in [9.17, 15) is 28.1 Å². The highest BCUT2D eigenvalue weighted by molar-refractivity contribution is 7.91. The Morgan fingerprint density at radius 1 is 1.30 bits per heavy atom. The first-order valence-corrected chi connectivity index (χ1v) is 12.7. The van der Waals surface area contributed by atoms with Crippen LogP contribution in [0.2, 0.25) is 0 Å². The molecule has 1 aromatic carbocycles. The van der Waals surface area contributed by atoms with E-state index < -0.39 is 39.3 Å². The number of benzene rings is 1. The van der Waals surface area contributed by atoms with Gasteiger partial charge in [-0.3, -0.25) is 14.9 Å². The highest BCUT2D eigenvalue weighted by atomic mass is 32.2. The topological polar surface area (TPSA) is 136 Å². The van der Waals surface area contributed by atoms with Crippen molar-refractivity contribution in [1.29, 1.82) is 0 Å². The van der Waals surface area contributed by atoms with Crippen LogP contribution < -0.4 is 4.90 Å². The summed E-state index contributed by atoms with van der Waals surface area (Å²) < 4.78 is 34.1. The van der Waals surface area contributed by atoms with Crippen LogP contribution in [0, 0.1) is 16.0 Å². The monoisotopic (exact) mass is 483 g/mol. The van der Waals surface area contributed by atoms with Crippen molar-refractivity contribution in [1.82, 2.24) is 4.90 Å². The van der Waals surface area contributed by atoms with Gasteiger partial charge in [0.1, 0.15) is 5.69 Å². The molecule has 0 N–H and O–H groups in total. The fourth-order valence-electron chi connectivity index (χ4n) is 4.03. The van der Waals surface area contributed by atoms with Crippen molar-refractivity contribution in [2.24, 2.45) is 5.92 Å². The molecule has 0 saturated carbocycles. The van der Waals surface area contributed by atoms with Crippen molar-refractivity contribution in [2.75, 3.05) is 55.9 Å². The van der Waals surface area contributed by atoms with Crippen molar-refractivity contribution >= 4 is 33.1 Å². The minimum absolute atomic E-state index is 0.0263. The van der Waals surface area contributed by atoms with Crippen LogP contribution in [-0.4, -0.2) is 87.1 Å². The van der Waals surface area contributed by atoms with Crippen LogP contribution in [0.25, 0.3) is 0 Å². The summed E-state index contributed by atoms with van der Waals surface area (Å²) in [6.45, 7) is 5.51. The van der Waals surface area contributed by atoms with Gasteiger partial charge in [-0.15, -0.1) is 0 Å². The van der Waals surface area contributed by atoms with Gasteiger partial charge in [-0.1, -0.05) is 13.8 Å². The van der Waals surface area contributed by atoms with Crippen LogP contribution in [-0.2, 0) is 24.1 Å². The molecule has 2 heterocycles. The lowest BCUT2D eigenvalue weighted by Crippen LogP contribution is -2.45. The molecule has 1 aromatic rings. The lowest BCUT2D eigenvalue weighted by molar-refractivity contribution is -0.384. The van der Waals surface area contributed by atoms with E-state index in [0.29, 0.717) is 45.0 Å². The maximum Gasteiger partial charge on any atom is 0.338 e. The van der Waals surface area contributed by atoms with E-state index in [1.807, 2.05) is 18.7 Å². The standard InChI is InChI=1S/C21H29N3O8S/c1-15(2)12-23(17-5-10-33(29,30)14-17)20(25)13-32-21(26)16-3-4-18(19(11-16)24(27)28)22-6-8-31-9-7-22/h3-4,11,15,17H,5-10,12-14H2,1-2H3. The minimum atomic E-state index is -3.19. The van der Waals surface area contributed by atoms with Crippen molar-refractivity contribution in [2.45, 2.75) is 26.3 Å². The third-order valence-corrected chi connectivity index (χ3v) is 7.37. The zero-order valence-corrected chi connectivity index (χ0v) is 19.6. The van der Waals surface area contributed by atoms with E-state index in [-0.39, 0.29) is 28.7 Å². The molecule has 1 unspecified atom stereocenters. The molecule has 2 fully saturated rings. The summed E-state index contributed by atoms with van der Waals surface area (Å²) in [4.78, 5) is 39.6. The molecular weight excluding hydrogens is 454 g/mol. The predicted octanol–water partition coefficient (Wildman–Crippen LogP) is 1.26. The van der Waals surface area contributed by atoms with Crippen molar-refractivity contribution in [3.63, 3.8) is 0 Å². The summed E-state index contributed by atoms with van der Waals surface area (Å²) in [5.41, 5.74) is 0.127. The number of nitro groups is 1. The molecule has 2 aliphatic heterocycles. The fourth-order valence-corrected chi connectivity index (χ4v) is 5.76. The first kappa shape index (κ1) is 24.9. The number of carbonyl (C=O) groups is 2. The van der Waals surface area contributed by atoms with E-state index in [1.165, 1.54) is 17.0 Å². The molecule has 3 rings (SSSR count). The number of hydrogen-bond donors (Lipinski definition) is 0. The Morgan fingerprint density at radius 3 is 2.58 bits per heavy atom. The Morgan fingerprint density at radius 2 is 2.00 bits per heavy atom. The van der Waals surface area contributed by atoms with Gasteiger partial charge in [0.2, 0.25) is 0 Å². The molecule has 1 amide bonds. The summed E-state index contributed by atoms with van der Waals surface area (Å²) in [5.74, 6) is -1.32. The number of nitro benzene ring substituents is 1. The Labute approximate surface area is 192 Å². The van der Waals surface area contributed by atoms with E-state index in [4.69, 9.17) is 9.47 Å². The largest absolute Gasteiger partial charge is 0.452 e. The van der Waals surface area contributed by atoms with Crippen LogP contribution >= 0.6 is 0 Å². The smallest absolute Gasteiger partial charge is 0.338 e. The third-order valence-electron chi connectivity index (χ3n) is 5.62. The van der Waals surface area contributed by atoms with Crippen molar-refractivity contribution < 1.29 is 32.4 Å². The summed E-state index contributed by atoms with van der Waals surface area (Å²) >= 11 is 0. The van der Waals surface area contributed by atoms with Gasteiger partial charge in [0.25, 0.3) is 11.6 Å². The molecule has 11 nitrogen and oxygen atoms in total. The molecule has 182 valence electrons. The first-order valence-electron chi connectivity index (χ1n) is 10.9. The number of carbonyl (C=O) groups excluding carboxylic acids is 2. The number of hydrogen-bond acceptors (Lipinski definition) is 9. The van der Waals surface area contributed by atoms with Gasteiger partial charge in [0, 0.05) is 31.7 Å². The second-order valence-electron chi connectivity index (χ2n) is 8.63. The fraction of sp³-hybridized carbons (Fsp3) is 0.619. The molecule has 0 bridgehead atoms. The number of ether oxygens (including phenoxy) is 2. The number of rotatable bonds is 8. The van der Waals surface area contributed by atoms with Crippen molar-refractivity contribution in [3.8, 4) is 0 Å². The van der Waals surface area contributed by atoms with Crippen LogP contribution in [0.4, 0.5) is 11.4 Å². The number of morpholine rings is 1. The number of amides is 1. The van der Waals surface area contributed by atoms with E-state index >= 15 is 0 Å². The Balaban J connectivity index is 1.69. The quantitative estimate of drug-likeness (QED) is 0.304. The molecule has 1 atom stereocenters. The third kappa shape index (κ3) is 6.41. The van der Waals surface area contributed by atoms with Gasteiger partial charge >= 0.3 is 5.97 Å². The molecule has 2 aliphatic rings. The Hall–Kier alpha value is -2.73. The van der Waals surface area contributed by atoms with Gasteiger partial charge in [-0.05, 0) is 24.5 Å². The van der Waals surface area contributed by atoms with Crippen LogP contribution in [0.1, 0.15) is 30.6 Å². The molecule has 0 spiro atoms. The average Bonchev–Trinajstić information content (AvgIpc) is 3.14. The highest BCUT2D eigenvalue weighted by Gasteiger charge is 2.35. The van der Waals surface area contributed by atoms with Gasteiger partial charge in [0.05, 0.1) is 35.2 Å². The molecule has 33 heavy (non-hydrogen) atoms. The molecule has 0 aliphatic carbocycles. The second-order valence-corrected chi connectivity index (χ2v) is 10.9. The summed E-state index contributed by atoms with van der Waals surface area (Å²) in [6.07, 6.45) is 0.351. The van der Waals surface area contributed by atoms with Crippen molar-refractivity contribution in [3.05, 3.63) is 33.9 Å². The Kier molecular flexibility index (Phi) is 7.90. The highest BCUT2D eigenvalue weighted by Crippen LogP contribution is 2.30. The molecular formula is C21H29N3O8S. The Bertz CT molecular complexity index is 1000. The number of anilines is 1. The van der Waals surface area contributed by atoms with Gasteiger partial charge in [0.15, 0.2) is 16.4 Å². The summed E-state index contributed by atoms with van der Waals surface area (Å²) in [7, 11) is -3.19. The van der Waals surface area contributed by atoms with E-state index in [0.717, 1.165) is 6.07 Å². The number of nitrogens with zero attached hydrogens (tertiary/aromatic N) is 3. The zero-order chi connectivity index (χ0) is 24.2. The second kappa shape index (κ2) is 10.5. The maximum atomic E-state index is 12.8. The van der Waals surface area contributed by atoms with Gasteiger partial charge < -0.3 is 19.3 Å². The molecule has 12 heteroatoms. The summed E-state index contributed by atoms with van der Waals surface area (Å²) in [5, 5.41) is 11.6. The average molecular weight is 484 g/mol. The lowest BCUT2D eigenvalue weighted by atomic mass is 10.1. The minimum Gasteiger partial charge on any atom is -0.452 e. The number of esters is 1. The molecule has 2 saturated heterocycles. The van der Waals surface area contributed by atoms with E-state index in [1.54, 1.807) is 0 Å². The zero-order valence-electron chi connectivity index (χ0n) is 18.8.